The van der Waals surface area contributed by atoms with Gasteiger partial charge >= 0.3 is 0 Å². The van der Waals surface area contributed by atoms with Gasteiger partial charge in [-0.3, -0.25) is 0 Å². The van der Waals surface area contributed by atoms with E-state index in [1.54, 1.807) is 0 Å². The Morgan fingerprint density at radius 1 is 1.10 bits per heavy atom. The number of hydrogen-bond acceptors (Lipinski definition) is 1. The standard InChI is InChI=1S/C8H17OP/c1-5-6(2)10(4)7(3)8(5)9/h5-9H,1-4H3/t5-,6-,7-,8+,10?/m1/s1. The smallest absolute Gasteiger partial charge is 0.0636 e. The molecule has 0 aliphatic carbocycles. The molecule has 1 fully saturated rings. The van der Waals surface area contributed by atoms with E-state index < -0.39 is 0 Å². The third-order valence-corrected chi connectivity index (χ3v) is 6.42. The molecule has 0 bridgehead atoms. The summed E-state index contributed by atoms with van der Waals surface area (Å²) >= 11 is 0. The monoisotopic (exact) mass is 160 g/mol. The Balaban J connectivity index is 2.68. The van der Waals surface area contributed by atoms with Crippen LogP contribution in [0.15, 0.2) is 0 Å². The van der Waals surface area contributed by atoms with Crippen molar-refractivity contribution >= 4 is 7.92 Å². The van der Waals surface area contributed by atoms with Crippen LogP contribution in [0.5, 0.6) is 0 Å². The van der Waals surface area contributed by atoms with Crippen molar-refractivity contribution in [1.29, 1.82) is 0 Å². The van der Waals surface area contributed by atoms with Crippen LogP contribution < -0.4 is 0 Å². The molecule has 1 unspecified atom stereocenters. The predicted molar refractivity (Wildman–Crippen MR) is 46.9 cm³/mol. The van der Waals surface area contributed by atoms with Crippen LogP contribution in [0.3, 0.4) is 0 Å². The van der Waals surface area contributed by atoms with Crippen molar-refractivity contribution in [2.75, 3.05) is 6.66 Å². The quantitative estimate of drug-likeness (QED) is 0.536. The number of hydrogen-bond donors (Lipinski definition) is 1. The van der Waals surface area contributed by atoms with Gasteiger partial charge in [-0.05, 0) is 18.2 Å². The van der Waals surface area contributed by atoms with Gasteiger partial charge in [-0.25, -0.2) is 0 Å². The highest BCUT2D eigenvalue weighted by Crippen LogP contribution is 2.54. The molecule has 1 aliphatic heterocycles. The van der Waals surface area contributed by atoms with Gasteiger partial charge in [0.05, 0.1) is 6.10 Å². The van der Waals surface area contributed by atoms with E-state index in [0.29, 0.717) is 11.6 Å². The molecule has 0 aromatic carbocycles. The Kier molecular flexibility index (Phi) is 2.37. The highest BCUT2D eigenvalue weighted by molar-refractivity contribution is 7.58. The molecule has 1 heterocycles. The first-order chi connectivity index (χ1) is 4.55. The van der Waals surface area contributed by atoms with Crippen molar-refractivity contribution in [1.82, 2.24) is 0 Å². The van der Waals surface area contributed by atoms with Gasteiger partial charge in [0.25, 0.3) is 0 Å². The van der Waals surface area contributed by atoms with E-state index in [0.717, 1.165) is 5.66 Å². The first-order valence-corrected chi connectivity index (χ1v) is 5.88. The summed E-state index contributed by atoms with van der Waals surface area (Å²) in [6.07, 6.45) is -0.0360. The highest BCUT2D eigenvalue weighted by Gasteiger charge is 2.39. The van der Waals surface area contributed by atoms with Crippen LogP contribution in [0, 0.1) is 5.92 Å². The second-order valence-corrected chi connectivity index (χ2v) is 6.46. The van der Waals surface area contributed by atoms with Crippen LogP contribution in [0.4, 0.5) is 0 Å². The maximum Gasteiger partial charge on any atom is 0.0636 e. The molecule has 60 valence electrons. The van der Waals surface area contributed by atoms with Gasteiger partial charge in [-0.1, -0.05) is 20.8 Å². The lowest BCUT2D eigenvalue weighted by Crippen LogP contribution is -2.22. The fraction of sp³-hybridized carbons (Fsp3) is 1.00. The second kappa shape index (κ2) is 2.79. The molecule has 0 aromatic rings. The Hall–Kier alpha value is 0.390. The molecular weight excluding hydrogens is 143 g/mol. The van der Waals surface area contributed by atoms with Crippen LogP contribution in [0.1, 0.15) is 20.8 Å². The van der Waals surface area contributed by atoms with Gasteiger partial charge in [0, 0.05) is 5.66 Å². The molecule has 5 atom stereocenters. The van der Waals surface area contributed by atoms with Gasteiger partial charge in [0.2, 0.25) is 0 Å². The normalized spacial score (nSPS) is 55.5. The molecule has 1 saturated heterocycles. The van der Waals surface area contributed by atoms with E-state index in [9.17, 15) is 5.11 Å². The number of aliphatic hydroxyl groups is 1. The average molecular weight is 160 g/mol. The van der Waals surface area contributed by atoms with Gasteiger partial charge < -0.3 is 5.11 Å². The lowest BCUT2D eigenvalue weighted by atomic mass is 10.0. The lowest BCUT2D eigenvalue weighted by Gasteiger charge is -2.14. The summed E-state index contributed by atoms with van der Waals surface area (Å²) in [5.74, 6) is 0.520. The summed E-state index contributed by atoms with van der Waals surface area (Å²) < 4.78 is 0. The van der Waals surface area contributed by atoms with E-state index in [-0.39, 0.29) is 14.0 Å². The Morgan fingerprint density at radius 2 is 1.60 bits per heavy atom. The van der Waals surface area contributed by atoms with Gasteiger partial charge in [-0.15, -0.1) is 7.92 Å². The molecule has 0 radical (unpaired) electrons. The Labute approximate surface area is 64.6 Å². The molecule has 2 heteroatoms. The van der Waals surface area contributed by atoms with Crippen molar-refractivity contribution in [2.45, 2.75) is 38.2 Å². The van der Waals surface area contributed by atoms with Crippen LogP contribution in [0.25, 0.3) is 0 Å². The van der Waals surface area contributed by atoms with Crippen LogP contribution >= 0.6 is 7.92 Å². The molecule has 1 nitrogen and oxygen atoms in total. The minimum absolute atomic E-state index is 0.0360. The van der Waals surface area contributed by atoms with Gasteiger partial charge in [0.1, 0.15) is 0 Å². The number of rotatable bonds is 0. The molecule has 1 aliphatic rings. The van der Waals surface area contributed by atoms with Crippen molar-refractivity contribution < 1.29 is 5.11 Å². The molecule has 10 heavy (non-hydrogen) atoms. The predicted octanol–water partition coefficient (Wildman–Crippen LogP) is 1.89. The zero-order valence-corrected chi connectivity index (χ0v) is 8.10. The summed E-state index contributed by atoms with van der Waals surface area (Å²) in [5.41, 5.74) is 1.31. The second-order valence-electron chi connectivity index (χ2n) is 3.50. The van der Waals surface area contributed by atoms with E-state index >= 15 is 0 Å². The Bertz CT molecular complexity index is 81.6. The SMILES string of the molecule is C[C@H]1[C@H](O)[C@@H](C)P(C)[C@@H]1C. The van der Waals surface area contributed by atoms with Gasteiger partial charge in [0.15, 0.2) is 0 Å². The van der Waals surface area contributed by atoms with E-state index in [2.05, 4.69) is 27.4 Å². The summed E-state index contributed by atoms with van der Waals surface area (Å²) in [7, 11) is 0.0838. The van der Waals surface area contributed by atoms with Crippen LogP contribution in [-0.4, -0.2) is 29.2 Å². The number of aliphatic hydroxyl groups excluding tert-OH is 1. The van der Waals surface area contributed by atoms with Crippen molar-refractivity contribution in [3.05, 3.63) is 0 Å². The van der Waals surface area contributed by atoms with Crippen molar-refractivity contribution in [3.8, 4) is 0 Å². The molecule has 1 N–H and O–H groups in total. The highest BCUT2D eigenvalue weighted by atomic mass is 31.1. The maximum absolute atomic E-state index is 9.62. The van der Waals surface area contributed by atoms with Crippen LogP contribution in [-0.2, 0) is 0 Å². The van der Waals surface area contributed by atoms with E-state index in [4.69, 9.17) is 0 Å². The first kappa shape index (κ1) is 8.49. The maximum atomic E-state index is 9.62. The van der Waals surface area contributed by atoms with Crippen molar-refractivity contribution in [2.24, 2.45) is 5.92 Å². The van der Waals surface area contributed by atoms with E-state index in [1.165, 1.54) is 0 Å². The minimum atomic E-state index is -0.0360. The van der Waals surface area contributed by atoms with Crippen molar-refractivity contribution in [3.63, 3.8) is 0 Å². The fourth-order valence-electron chi connectivity index (χ4n) is 1.71. The third-order valence-electron chi connectivity index (χ3n) is 3.08. The van der Waals surface area contributed by atoms with Crippen LogP contribution in [0.2, 0.25) is 0 Å². The molecular formula is C8H17OP. The molecule has 0 amide bonds. The lowest BCUT2D eigenvalue weighted by molar-refractivity contribution is 0.129. The summed E-state index contributed by atoms with van der Waals surface area (Å²) in [6, 6.07) is 0. The average Bonchev–Trinajstić information content (AvgIpc) is 2.07. The molecule has 0 spiro atoms. The molecule has 1 rings (SSSR count). The minimum Gasteiger partial charge on any atom is -0.392 e. The summed E-state index contributed by atoms with van der Waals surface area (Å²) in [6.45, 7) is 8.91. The van der Waals surface area contributed by atoms with Gasteiger partial charge in [-0.2, -0.15) is 0 Å². The third kappa shape index (κ3) is 1.10. The zero-order chi connectivity index (χ0) is 7.89. The Morgan fingerprint density at radius 3 is 1.70 bits per heavy atom. The first-order valence-electron chi connectivity index (χ1n) is 3.95. The largest absolute Gasteiger partial charge is 0.392 e. The molecule has 0 aromatic heterocycles. The van der Waals surface area contributed by atoms with E-state index in [1.807, 2.05) is 0 Å². The summed E-state index contributed by atoms with van der Waals surface area (Å²) in [4.78, 5) is 0. The molecule has 0 saturated carbocycles. The topological polar surface area (TPSA) is 20.2 Å². The zero-order valence-electron chi connectivity index (χ0n) is 7.20. The summed E-state index contributed by atoms with van der Waals surface area (Å²) in [5, 5.41) is 9.62. The fourth-order valence-corrected chi connectivity index (χ4v) is 4.12.